The summed E-state index contributed by atoms with van der Waals surface area (Å²) in [6.07, 6.45) is 0.360. The van der Waals surface area contributed by atoms with Gasteiger partial charge in [0.1, 0.15) is 0 Å². The molecule has 7 heteroatoms. The van der Waals surface area contributed by atoms with Crippen LogP contribution in [-0.4, -0.2) is 33.6 Å². The van der Waals surface area contributed by atoms with Gasteiger partial charge in [-0.1, -0.05) is 13.8 Å². The third-order valence-corrected chi connectivity index (χ3v) is 3.20. The lowest BCUT2D eigenvalue weighted by Gasteiger charge is -2.19. The van der Waals surface area contributed by atoms with Crippen LogP contribution in [0.2, 0.25) is 0 Å². The van der Waals surface area contributed by atoms with E-state index in [0.29, 0.717) is 11.3 Å². The van der Waals surface area contributed by atoms with Crippen LogP contribution in [0.4, 0.5) is 0 Å². The molecule has 0 saturated heterocycles. The van der Waals surface area contributed by atoms with Gasteiger partial charge in [0.2, 0.25) is 5.91 Å². The van der Waals surface area contributed by atoms with Crippen LogP contribution in [0.25, 0.3) is 0 Å². The fraction of sp³-hybridized carbons (Fsp3) is 0.615. The lowest BCUT2D eigenvalue weighted by molar-refractivity contribution is -0.122. The number of carbonyl (C=O) groups excluding carboxylic acids is 1. The Labute approximate surface area is 116 Å². The van der Waals surface area contributed by atoms with E-state index in [1.54, 1.807) is 6.92 Å². The van der Waals surface area contributed by atoms with Gasteiger partial charge in [0.05, 0.1) is 12.6 Å². The number of amides is 1. The minimum atomic E-state index is -0.555. The highest BCUT2D eigenvalue weighted by molar-refractivity contribution is 5.76. The molecule has 0 radical (unpaired) electrons. The average molecular weight is 283 g/mol. The van der Waals surface area contributed by atoms with Crippen LogP contribution in [0, 0.1) is 12.8 Å². The van der Waals surface area contributed by atoms with E-state index in [0.717, 1.165) is 0 Å². The molecule has 1 heterocycles. The van der Waals surface area contributed by atoms with E-state index in [9.17, 15) is 14.4 Å². The number of aromatic nitrogens is 2. The van der Waals surface area contributed by atoms with Crippen molar-refractivity contribution in [1.82, 2.24) is 15.3 Å². The third kappa shape index (κ3) is 4.34. The molecule has 1 atom stereocenters. The zero-order chi connectivity index (χ0) is 15.3. The Morgan fingerprint density at radius 1 is 1.30 bits per heavy atom. The van der Waals surface area contributed by atoms with Crippen molar-refractivity contribution in [2.75, 3.05) is 6.61 Å². The number of aliphatic hydroxyl groups excluding tert-OH is 1. The predicted molar refractivity (Wildman–Crippen MR) is 74.6 cm³/mol. The van der Waals surface area contributed by atoms with Crippen LogP contribution in [-0.2, 0) is 11.2 Å². The lowest BCUT2D eigenvalue weighted by atomic mass is 10.0. The quantitative estimate of drug-likeness (QED) is 0.560. The number of hydrogen-bond acceptors (Lipinski definition) is 4. The first-order chi connectivity index (χ1) is 9.35. The molecular weight excluding hydrogens is 262 g/mol. The van der Waals surface area contributed by atoms with Crippen molar-refractivity contribution in [2.45, 2.75) is 39.7 Å². The second kappa shape index (κ2) is 7.04. The first-order valence-corrected chi connectivity index (χ1v) is 6.57. The monoisotopic (exact) mass is 283 g/mol. The SMILES string of the molecule is Cc1[nH]c(=O)[nH]c(=O)c1CCC(=O)NC(CO)C(C)C. The molecule has 0 fully saturated rings. The summed E-state index contributed by atoms with van der Waals surface area (Å²) >= 11 is 0. The Kier molecular flexibility index (Phi) is 5.69. The van der Waals surface area contributed by atoms with Crippen molar-refractivity contribution in [1.29, 1.82) is 0 Å². The van der Waals surface area contributed by atoms with Gasteiger partial charge >= 0.3 is 5.69 Å². The van der Waals surface area contributed by atoms with Gasteiger partial charge in [-0.15, -0.1) is 0 Å². The summed E-state index contributed by atoms with van der Waals surface area (Å²) in [5.74, 6) is -0.107. The Hall–Kier alpha value is -1.89. The van der Waals surface area contributed by atoms with Crippen LogP contribution in [0.1, 0.15) is 31.5 Å². The highest BCUT2D eigenvalue weighted by Crippen LogP contribution is 2.03. The van der Waals surface area contributed by atoms with E-state index < -0.39 is 11.2 Å². The standard InChI is InChI=1S/C13H21N3O4/c1-7(2)10(6-17)15-11(18)5-4-9-8(3)14-13(20)16-12(9)19/h7,10,17H,4-6H2,1-3H3,(H,15,18)(H2,14,16,19,20). The highest BCUT2D eigenvalue weighted by atomic mass is 16.3. The van der Waals surface area contributed by atoms with Crippen molar-refractivity contribution in [3.8, 4) is 0 Å². The van der Waals surface area contributed by atoms with Gasteiger partial charge in [-0.25, -0.2) is 4.79 Å². The molecule has 0 aromatic carbocycles. The zero-order valence-corrected chi connectivity index (χ0v) is 11.9. The summed E-state index contributed by atoms with van der Waals surface area (Å²) < 4.78 is 0. The molecule has 7 nitrogen and oxygen atoms in total. The minimum absolute atomic E-state index is 0.123. The smallest absolute Gasteiger partial charge is 0.325 e. The van der Waals surface area contributed by atoms with Gasteiger partial charge in [-0.05, 0) is 19.3 Å². The molecule has 1 amide bonds. The summed E-state index contributed by atoms with van der Waals surface area (Å²) in [5.41, 5.74) is -0.165. The van der Waals surface area contributed by atoms with E-state index >= 15 is 0 Å². The van der Waals surface area contributed by atoms with E-state index in [-0.39, 0.29) is 37.3 Å². The van der Waals surface area contributed by atoms with Crippen molar-refractivity contribution >= 4 is 5.91 Å². The number of aliphatic hydroxyl groups is 1. The van der Waals surface area contributed by atoms with Gasteiger partial charge in [-0.2, -0.15) is 0 Å². The van der Waals surface area contributed by atoms with Gasteiger partial charge < -0.3 is 15.4 Å². The molecule has 0 aliphatic carbocycles. The minimum Gasteiger partial charge on any atom is -0.394 e. The maximum Gasteiger partial charge on any atom is 0.325 e. The van der Waals surface area contributed by atoms with Crippen LogP contribution in [0.5, 0.6) is 0 Å². The fourth-order valence-electron chi connectivity index (χ4n) is 1.87. The van der Waals surface area contributed by atoms with Crippen LogP contribution in [0.3, 0.4) is 0 Å². The third-order valence-electron chi connectivity index (χ3n) is 3.20. The molecule has 0 saturated carbocycles. The summed E-state index contributed by atoms with van der Waals surface area (Å²) in [7, 11) is 0. The summed E-state index contributed by atoms with van der Waals surface area (Å²) in [6, 6.07) is -0.294. The summed E-state index contributed by atoms with van der Waals surface area (Å²) in [5, 5.41) is 11.9. The molecule has 0 aliphatic rings. The average Bonchev–Trinajstić information content (AvgIpc) is 2.34. The fourth-order valence-corrected chi connectivity index (χ4v) is 1.87. The Balaban J connectivity index is 2.66. The number of rotatable bonds is 6. The first-order valence-electron chi connectivity index (χ1n) is 6.57. The van der Waals surface area contributed by atoms with Crippen molar-refractivity contribution < 1.29 is 9.90 Å². The van der Waals surface area contributed by atoms with Crippen molar-refractivity contribution in [3.05, 3.63) is 32.1 Å². The van der Waals surface area contributed by atoms with Gasteiger partial charge in [0.15, 0.2) is 0 Å². The number of carbonyl (C=O) groups is 1. The number of nitrogens with one attached hydrogen (secondary N) is 3. The predicted octanol–water partition coefficient (Wildman–Crippen LogP) is -0.563. The second-order valence-corrected chi connectivity index (χ2v) is 5.11. The molecular formula is C13H21N3O4. The Morgan fingerprint density at radius 3 is 2.45 bits per heavy atom. The van der Waals surface area contributed by atoms with Crippen LogP contribution in [0.15, 0.2) is 9.59 Å². The largest absolute Gasteiger partial charge is 0.394 e. The summed E-state index contributed by atoms with van der Waals surface area (Å²) in [4.78, 5) is 39.1. The number of hydrogen-bond donors (Lipinski definition) is 4. The van der Waals surface area contributed by atoms with E-state index in [4.69, 9.17) is 5.11 Å². The van der Waals surface area contributed by atoms with Crippen molar-refractivity contribution in [2.24, 2.45) is 5.92 Å². The Morgan fingerprint density at radius 2 is 1.95 bits per heavy atom. The number of H-pyrrole nitrogens is 2. The van der Waals surface area contributed by atoms with Gasteiger partial charge in [0.25, 0.3) is 5.56 Å². The zero-order valence-electron chi connectivity index (χ0n) is 11.9. The molecule has 1 aromatic heterocycles. The molecule has 0 aliphatic heterocycles. The van der Waals surface area contributed by atoms with Gasteiger partial charge in [0, 0.05) is 17.7 Å². The molecule has 0 spiro atoms. The topological polar surface area (TPSA) is 115 Å². The second-order valence-electron chi connectivity index (χ2n) is 5.11. The maximum absolute atomic E-state index is 11.8. The first kappa shape index (κ1) is 16.2. The summed E-state index contributed by atoms with van der Waals surface area (Å²) in [6.45, 7) is 5.30. The van der Waals surface area contributed by atoms with E-state index in [1.807, 2.05) is 13.8 Å². The highest BCUT2D eigenvalue weighted by Gasteiger charge is 2.15. The molecule has 0 bridgehead atoms. The Bertz CT molecular complexity index is 574. The molecule has 1 unspecified atom stereocenters. The van der Waals surface area contributed by atoms with E-state index in [2.05, 4.69) is 15.3 Å². The van der Waals surface area contributed by atoms with Crippen molar-refractivity contribution in [3.63, 3.8) is 0 Å². The van der Waals surface area contributed by atoms with Crippen LogP contribution < -0.4 is 16.6 Å². The van der Waals surface area contributed by atoms with E-state index in [1.165, 1.54) is 0 Å². The normalized spacial score (nSPS) is 12.4. The van der Waals surface area contributed by atoms with Crippen LogP contribution >= 0.6 is 0 Å². The molecule has 4 N–H and O–H groups in total. The number of aromatic amines is 2. The molecule has 1 rings (SSSR count). The molecule has 1 aromatic rings. The molecule has 20 heavy (non-hydrogen) atoms. The van der Waals surface area contributed by atoms with Gasteiger partial charge in [-0.3, -0.25) is 14.6 Å². The molecule has 112 valence electrons. The number of aryl methyl sites for hydroxylation is 1. The lowest BCUT2D eigenvalue weighted by Crippen LogP contribution is -2.41. The maximum atomic E-state index is 11.8.